The summed E-state index contributed by atoms with van der Waals surface area (Å²) in [7, 11) is 2.13. The molecule has 1 N–H and O–H groups in total. The number of rotatable bonds is 8. The lowest BCUT2D eigenvalue weighted by Crippen LogP contribution is -2.44. The van der Waals surface area contributed by atoms with Crippen molar-refractivity contribution in [2.45, 2.75) is 19.8 Å². The van der Waals surface area contributed by atoms with Crippen LogP contribution in [0, 0.1) is 0 Å². The molecule has 1 aliphatic heterocycles. The molecular formula is C26H31N5O2. The number of carbonyl (C=O) groups is 1. The Labute approximate surface area is 195 Å². The molecule has 7 heteroatoms. The van der Waals surface area contributed by atoms with Crippen molar-refractivity contribution in [2.24, 2.45) is 0 Å². The highest BCUT2D eigenvalue weighted by Crippen LogP contribution is 2.23. The molecule has 1 aliphatic rings. The Morgan fingerprint density at radius 1 is 1.00 bits per heavy atom. The summed E-state index contributed by atoms with van der Waals surface area (Å²) in [5.41, 5.74) is 2.98. The van der Waals surface area contributed by atoms with Crippen LogP contribution in [0.3, 0.4) is 0 Å². The molecule has 33 heavy (non-hydrogen) atoms. The lowest BCUT2D eigenvalue weighted by atomic mass is 10.1. The number of nitrogens with one attached hydrogen (secondary N) is 1. The van der Waals surface area contributed by atoms with Gasteiger partial charge in [0.05, 0.1) is 12.3 Å². The van der Waals surface area contributed by atoms with Gasteiger partial charge in [-0.25, -0.2) is 0 Å². The third-order valence-corrected chi connectivity index (χ3v) is 5.78. The standard InChI is InChI=1S/C26H31N5O2/c1-3-4-18-33-23-10-8-20(9-11-23)26(32)27-22-7-5-6-21(19-22)24-12-13-25(29-28-24)31-16-14-30(2)15-17-31/h5-13,19H,3-4,14-18H2,1-2H3,(H,27,32). The molecule has 4 rings (SSSR count). The van der Waals surface area contributed by atoms with E-state index in [-0.39, 0.29) is 5.91 Å². The van der Waals surface area contributed by atoms with Crippen molar-refractivity contribution in [1.29, 1.82) is 0 Å². The van der Waals surface area contributed by atoms with Gasteiger partial charge < -0.3 is 19.9 Å². The summed E-state index contributed by atoms with van der Waals surface area (Å²) in [4.78, 5) is 17.3. The molecule has 1 amide bonds. The summed E-state index contributed by atoms with van der Waals surface area (Å²) in [5, 5.41) is 11.8. The zero-order valence-corrected chi connectivity index (χ0v) is 19.3. The molecule has 1 aromatic heterocycles. The van der Waals surface area contributed by atoms with Crippen molar-refractivity contribution >= 4 is 17.4 Å². The minimum absolute atomic E-state index is 0.163. The molecule has 0 saturated carbocycles. The van der Waals surface area contributed by atoms with Gasteiger partial charge in [0, 0.05) is 43.0 Å². The lowest BCUT2D eigenvalue weighted by molar-refractivity contribution is 0.102. The maximum atomic E-state index is 12.7. The SMILES string of the molecule is CCCCOc1ccc(C(=O)Nc2cccc(-c3ccc(N4CCN(C)CC4)nn3)c2)cc1. The molecule has 0 aliphatic carbocycles. The summed E-state index contributed by atoms with van der Waals surface area (Å²) in [6.07, 6.45) is 2.10. The van der Waals surface area contributed by atoms with Gasteiger partial charge in [-0.2, -0.15) is 0 Å². The van der Waals surface area contributed by atoms with Crippen LogP contribution in [0.15, 0.2) is 60.7 Å². The number of anilines is 2. The second-order valence-corrected chi connectivity index (χ2v) is 8.33. The number of likely N-dealkylation sites (N-methyl/N-ethyl adjacent to an activating group) is 1. The molecule has 0 bridgehead atoms. The predicted molar refractivity (Wildman–Crippen MR) is 132 cm³/mol. The number of nitrogens with zero attached hydrogens (tertiary/aromatic N) is 4. The highest BCUT2D eigenvalue weighted by atomic mass is 16.5. The van der Waals surface area contributed by atoms with Gasteiger partial charge in [-0.3, -0.25) is 4.79 Å². The average Bonchev–Trinajstić information content (AvgIpc) is 2.85. The van der Waals surface area contributed by atoms with Crippen molar-refractivity contribution in [1.82, 2.24) is 15.1 Å². The maximum absolute atomic E-state index is 12.7. The zero-order valence-electron chi connectivity index (χ0n) is 19.3. The second-order valence-electron chi connectivity index (χ2n) is 8.33. The number of unbranched alkanes of at least 4 members (excludes halogenated alkanes) is 1. The minimum atomic E-state index is -0.163. The van der Waals surface area contributed by atoms with Crippen LogP contribution in [-0.4, -0.2) is 60.8 Å². The number of hydrogen-bond acceptors (Lipinski definition) is 6. The minimum Gasteiger partial charge on any atom is -0.494 e. The monoisotopic (exact) mass is 445 g/mol. The van der Waals surface area contributed by atoms with Gasteiger partial charge in [0.1, 0.15) is 5.75 Å². The molecule has 7 nitrogen and oxygen atoms in total. The van der Waals surface area contributed by atoms with Crippen LogP contribution in [0.25, 0.3) is 11.3 Å². The number of carbonyl (C=O) groups excluding carboxylic acids is 1. The summed E-state index contributed by atoms with van der Waals surface area (Å²) in [5.74, 6) is 1.52. The summed E-state index contributed by atoms with van der Waals surface area (Å²) in [6, 6.07) is 18.9. The Morgan fingerprint density at radius 3 is 2.48 bits per heavy atom. The Kier molecular flexibility index (Phi) is 7.52. The molecule has 3 aromatic rings. The molecular weight excluding hydrogens is 414 g/mol. The van der Waals surface area contributed by atoms with E-state index in [2.05, 4.69) is 39.3 Å². The summed E-state index contributed by atoms with van der Waals surface area (Å²) in [6.45, 7) is 6.78. The first-order valence-corrected chi connectivity index (χ1v) is 11.5. The maximum Gasteiger partial charge on any atom is 0.255 e. The van der Waals surface area contributed by atoms with Crippen molar-refractivity contribution in [2.75, 3.05) is 50.1 Å². The van der Waals surface area contributed by atoms with Crippen LogP contribution in [0.1, 0.15) is 30.1 Å². The van der Waals surface area contributed by atoms with Gasteiger partial charge in [0.2, 0.25) is 0 Å². The number of aromatic nitrogens is 2. The van der Waals surface area contributed by atoms with Crippen molar-refractivity contribution in [3.05, 3.63) is 66.2 Å². The highest BCUT2D eigenvalue weighted by Gasteiger charge is 2.16. The van der Waals surface area contributed by atoms with Gasteiger partial charge in [0.25, 0.3) is 5.91 Å². The predicted octanol–water partition coefficient (Wildman–Crippen LogP) is 4.33. The molecule has 2 aromatic carbocycles. The van der Waals surface area contributed by atoms with E-state index in [4.69, 9.17) is 4.74 Å². The normalized spacial score (nSPS) is 14.2. The van der Waals surface area contributed by atoms with Gasteiger partial charge in [0.15, 0.2) is 5.82 Å². The first-order valence-electron chi connectivity index (χ1n) is 11.5. The first kappa shape index (κ1) is 22.7. The third-order valence-electron chi connectivity index (χ3n) is 5.78. The van der Waals surface area contributed by atoms with E-state index in [1.54, 1.807) is 12.1 Å². The molecule has 1 saturated heterocycles. The summed E-state index contributed by atoms with van der Waals surface area (Å²) < 4.78 is 5.67. The van der Waals surface area contributed by atoms with Crippen LogP contribution in [0.2, 0.25) is 0 Å². The molecule has 0 atom stereocenters. The molecule has 0 unspecified atom stereocenters. The van der Waals surface area contributed by atoms with Gasteiger partial charge in [-0.05, 0) is 62.0 Å². The molecule has 1 fully saturated rings. The van der Waals surface area contributed by atoms with E-state index in [0.717, 1.165) is 61.8 Å². The van der Waals surface area contributed by atoms with E-state index in [0.29, 0.717) is 17.9 Å². The van der Waals surface area contributed by atoms with E-state index in [1.807, 2.05) is 48.5 Å². The third kappa shape index (κ3) is 6.08. The van der Waals surface area contributed by atoms with E-state index in [1.165, 1.54) is 0 Å². The molecule has 2 heterocycles. The smallest absolute Gasteiger partial charge is 0.255 e. The second kappa shape index (κ2) is 10.9. The van der Waals surface area contributed by atoms with E-state index >= 15 is 0 Å². The number of amides is 1. The van der Waals surface area contributed by atoms with Crippen LogP contribution < -0.4 is 15.0 Å². The largest absolute Gasteiger partial charge is 0.494 e. The van der Waals surface area contributed by atoms with E-state index < -0.39 is 0 Å². The highest BCUT2D eigenvalue weighted by molar-refractivity contribution is 6.04. The molecule has 0 radical (unpaired) electrons. The lowest BCUT2D eigenvalue weighted by Gasteiger charge is -2.32. The van der Waals surface area contributed by atoms with Crippen LogP contribution >= 0.6 is 0 Å². The number of piperazine rings is 1. The van der Waals surface area contributed by atoms with Crippen molar-refractivity contribution in [3.63, 3.8) is 0 Å². The topological polar surface area (TPSA) is 70.6 Å². The van der Waals surface area contributed by atoms with Crippen LogP contribution in [0.5, 0.6) is 5.75 Å². The Morgan fingerprint density at radius 2 is 1.79 bits per heavy atom. The van der Waals surface area contributed by atoms with Crippen molar-refractivity contribution in [3.8, 4) is 17.0 Å². The van der Waals surface area contributed by atoms with Gasteiger partial charge >= 0.3 is 0 Å². The number of ether oxygens (including phenoxy) is 1. The number of hydrogen-bond donors (Lipinski definition) is 1. The quantitative estimate of drug-likeness (QED) is 0.521. The van der Waals surface area contributed by atoms with E-state index in [9.17, 15) is 4.79 Å². The fraction of sp³-hybridized carbons (Fsp3) is 0.346. The van der Waals surface area contributed by atoms with Gasteiger partial charge in [-0.15, -0.1) is 10.2 Å². The molecule has 0 spiro atoms. The fourth-order valence-corrected chi connectivity index (χ4v) is 3.68. The Bertz CT molecular complexity index is 1050. The number of benzene rings is 2. The zero-order chi connectivity index (χ0) is 23.0. The Hall–Kier alpha value is -3.45. The Balaban J connectivity index is 1.39. The van der Waals surface area contributed by atoms with Crippen LogP contribution in [0.4, 0.5) is 11.5 Å². The average molecular weight is 446 g/mol. The summed E-state index contributed by atoms with van der Waals surface area (Å²) >= 11 is 0. The molecule has 172 valence electrons. The van der Waals surface area contributed by atoms with Gasteiger partial charge in [-0.1, -0.05) is 25.5 Å². The van der Waals surface area contributed by atoms with Crippen LogP contribution in [-0.2, 0) is 0 Å². The first-order chi connectivity index (χ1) is 16.1. The van der Waals surface area contributed by atoms with Crippen molar-refractivity contribution < 1.29 is 9.53 Å². The fourth-order valence-electron chi connectivity index (χ4n) is 3.68.